The molecule has 0 bridgehead atoms. The quantitative estimate of drug-likeness (QED) is 0.363. The fraction of sp³-hybridized carbons (Fsp3) is 0.111. The van der Waals surface area contributed by atoms with Crippen molar-refractivity contribution in [2.45, 2.75) is 12.7 Å². The van der Waals surface area contributed by atoms with Crippen LogP contribution in [0.15, 0.2) is 63.7 Å². The fourth-order valence-corrected chi connectivity index (χ4v) is 4.45. The molecule has 0 saturated carbocycles. The summed E-state index contributed by atoms with van der Waals surface area (Å²) in [6.07, 6.45) is -4.52. The van der Waals surface area contributed by atoms with E-state index >= 15 is 0 Å². The molecule has 0 radical (unpaired) electrons. The number of rotatable bonds is 3. The van der Waals surface area contributed by atoms with Crippen LogP contribution in [0.25, 0.3) is 11.3 Å². The molecule has 0 aliphatic heterocycles. The highest BCUT2D eigenvalue weighted by Gasteiger charge is 2.40. The van der Waals surface area contributed by atoms with E-state index in [9.17, 15) is 17.6 Å². The van der Waals surface area contributed by atoms with Crippen LogP contribution in [0.5, 0.6) is 0 Å². The Kier molecular flexibility index (Phi) is 5.06. The van der Waals surface area contributed by atoms with E-state index in [1.54, 1.807) is 42.5 Å². The van der Waals surface area contributed by atoms with Gasteiger partial charge in [0.1, 0.15) is 11.4 Å². The van der Waals surface area contributed by atoms with Gasteiger partial charge in [-0.2, -0.15) is 13.2 Å². The molecule has 0 N–H and O–H groups in total. The van der Waals surface area contributed by atoms with Gasteiger partial charge in [-0.15, -0.1) is 0 Å². The Balaban J connectivity index is 2.20. The molecule has 0 atom stereocenters. The second-order valence-electron chi connectivity index (χ2n) is 5.40. The van der Waals surface area contributed by atoms with Gasteiger partial charge in [-0.1, -0.05) is 42.5 Å². The van der Waals surface area contributed by atoms with E-state index in [0.29, 0.717) is 16.8 Å². The van der Waals surface area contributed by atoms with Crippen molar-refractivity contribution < 1.29 is 17.6 Å². The first-order valence-electron chi connectivity index (χ1n) is 7.23. The normalized spacial score (nSPS) is 11.8. The Morgan fingerprint density at radius 2 is 1.48 bits per heavy atom. The van der Waals surface area contributed by atoms with Crippen LogP contribution in [0, 0.1) is 5.82 Å². The molecule has 0 aliphatic carbocycles. The van der Waals surface area contributed by atoms with Gasteiger partial charge >= 0.3 is 6.18 Å². The van der Waals surface area contributed by atoms with E-state index in [2.05, 4.69) is 31.9 Å². The van der Waals surface area contributed by atoms with Gasteiger partial charge in [-0.25, -0.2) is 4.39 Å². The van der Waals surface area contributed by atoms with E-state index in [1.807, 2.05) is 0 Å². The van der Waals surface area contributed by atoms with Crippen molar-refractivity contribution in [3.63, 3.8) is 0 Å². The third-order valence-electron chi connectivity index (χ3n) is 3.73. The van der Waals surface area contributed by atoms with Crippen molar-refractivity contribution in [1.82, 2.24) is 4.57 Å². The molecule has 2 aromatic carbocycles. The number of alkyl halides is 3. The lowest BCUT2D eigenvalue weighted by atomic mass is 10.1. The molecular weight excluding hydrogens is 466 g/mol. The van der Waals surface area contributed by atoms with Crippen LogP contribution in [-0.4, -0.2) is 4.57 Å². The van der Waals surface area contributed by atoms with Gasteiger partial charge in [0.15, 0.2) is 0 Å². The van der Waals surface area contributed by atoms with Gasteiger partial charge in [0.05, 0.1) is 14.8 Å². The topological polar surface area (TPSA) is 4.93 Å². The highest BCUT2D eigenvalue weighted by atomic mass is 79.9. The van der Waals surface area contributed by atoms with Crippen molar-refractivity contribution in [3.05, 3.63) is 80.6 Å². The molecule has 0 fully saturated rings. The van der Waals surface area contributed by atoms with Gasteiger partial charge in [-0.05, 0) is 55.1 Å². The molecule has 0 unspecified atom stereocenters. The molecule has 25 heavy (non-hydrogen) atoms. The van der Waals surface area contributed by atoms with Crippen LogP contribution in [0.2, 0.25) is 0 Å². The molecular formula is C18H11Br2F4N. The van der Waals surface area contributed by atoms with Gasteiger partial charge in [-0.3, -0.25) is 0 Å². The van der Waals surface area contributed by atoms with Crippen LogP contribution >= 0.6 is 31.9 Å². The van der Waals surface area contributed by atoms with Gasteiger partial charge in [0, 0.05) is 6.54 Å². The summed E-state index contributed by atoms with van der Waals surface area (Å²) in [7, 11) is 0. The van der Waals surface area contributed by atoms with Crippen LogP contribution in [-0.2, 0) is 12.7 Å². The van der Waals surface area contributed by atoms with Gasteiger partial charge in [0.25, 0.3) is 0 Å². The highest BCUT2D eigenvalue weighted by molar-refractivity contribution is 9.11. The lowest BCUT2D eigenvalue weighted by Gasteiger charge is -2.12. The average Bonchev–Trinajstić information content (AvgIpc) is 2.80. The maximum absolute atomic E-state index is 13.5. The largest absolute Gasteiger partial charge is 0.420 e. The van der Waals surface area contributed by atoms with Crippen LogP contribution < -0.4 is 0 Å². The lowest BCUT2D eigenvalue weighted by molar-refractivity contribution is -0.138. The maximum atomic E-state index is 13.5. The first-order valence-corrected chi connectivity index (χ1v) is 8.82. The summed E-state index contributed by atoms with van der Waals surface area (Å²) in [6.45, 7) is 0.166. The maximum Gasteiger partial charge on any atom is 0.420 e. The van der Waals surface area contributed by atoms with E-state index in [4.69, 9.17) is 0 Å². The second-order valence-corrected chi connectivity index (χ2v) is 6.95. The zero-order chi connectivity index (χ0) is 18.2. The minimum atomic E-state index is -4.52. The Labute approximate surface area is 158 Å². The number of aromatic nitrogens is 1. The summed E-state index contributed by atoms with van der Waals surface area (Å²) in [5.74, 6) is -0.393. The van der Waals surface area contributed by atoms with Crippen molar-refractivity contribution in [2.24, 2.45) is 0 Å². The summed E-state index contributed by atoms with van der Waals surface area (Å²) >= 11 is 6.22. The third-order valence-corrected chi connectivity index (χ3v) is 5.32. The number of nitrogens with zero attached hydrogens (tertiary/aromatic N) is 1. The van der Waals surface area contributed by atoms with Crippen molar-refractivity contribution >= 4 is 31.9 Å². The number of benzene rings is 2. The van der Waals surface area contributed by atoms with Crippen LogP contribution in [0.4, 0.5) is 17.6 Å². The summed E-state index contributed by atoms with van der Waals surface area (Å²) < 4.78 is 55.0. The number of hydrogen-bond acceptors (Lipinski definition) is 0. The summed E-state index contributed by atoms with van der Waals surface area (Å²) in [4.78, 5) is 0. The molecule has 1 heterocycles. The SMILES string of the molecule is Fc1ccc(Cn2c(Br)c(C(F)(F)F)c(Br)c2-c2ccccc2)cc1. The van der Waals surface area contributed by atoms with E-state index in [-0.39, 0.29) is 15.6 Å². The second kappa shape index (κ2) is 6.96. The van der Waals surface area contributed by atoms with E-state index in [0.717, 1.165) is 0 Å². The van der Waals surface area contributed by atoms with E-state index in [1.165, 1.54) is 16.7 Å². The lowest BCUT2D eigenvalue weighted by Crippen LogP contribution is -2.07. The van der Waals surface area contributed by atoms with Gasteiger partial charge < -0.3 is 4.57 Å². The minimum absolute atomic E-state index is 0.0276. The number of halogens is 6. The molecule has 130 valence electrons. The predicted molar refractivity (Wildman–Crippen MR) is 95.8 cm³/mol. The third kappa shape index (κ3) is 3.67. The van der Waals surface area contributed by atoms with E-state index < -0.39 is 17.6 Å². The Bertz CT molecular complexity index is 884. The molecule has 1 nitrogen and oxygen atoms in total. The average molecular weight is 477 g/mol. The monoisotopic (exact) mass is 475 g/mol. The molecule has 0 aliphatic rings. The smallest absolute Gasteiger partial charge is 0.329 e. The zero-order valence-corrected chi connectivity index (χ0v) is 15.8. The molecule has 0 amide bonds. The van der Waals surface area contributed by atoms with Crippen molar-refractivity contribution in [1.29, 1.82) is 0 Å². The van der Waals surface area contributed by atoms with Crippen molar-refractivity contribution in [3.8, 4) is 11.3 Å². The fourth-order valence-electron chi connectivity index (χ4n) is 2.60. The van der Waals surface area contributed by atoms with Crippen molar-refractivity contribution in [2.75, 3.05) is 0 Å². The summed E-state index contributed by atoms with van der Waals surface area (Å²) in [5, 5.41) is 0. The highest BCUT2D eigenvalue weighted by Crippen LogP contribution is 2.46. The Morgan fingerprint density at radius 3 is 2.04 bits per heavy atom. The summed E-state index contributed by atoms with van der Waals surface area (Å²) in [5.41, 5.74) is 0.973. The van der Waals surface area contributed by atoms with Crippen LogP contribution in [0.3, 0.4) is 0 Å². The molecule has 0 spiro atoms. The molecule has 1 aromatic heterocycles. The minimum Gasteiger partial charge on any atom is -0.329 e. The number of hydrogen-bond donors (Lipinski definition) is 0. The zero-order valence-electron chi connectivity index (χ0n) is 12.6. The standard InChI is InChI=1S/C18H11Br2F4N/c19-15-14(18(22,23)24)17(20)25(10-11-6-8-13(21)9-7-11)16(15)12-4-2-1-3-5-12/h1-9H,10H2. The summed E-state index contributed by atoms with van der Waals surface area (Å²) in [6, 6.07) is 14.5. The first kappa shape index (κ1) is 18.2. The Morgan fingerprint density at radius 1 is 0.880 bits per heavy atom. The molecule has 3 rings (SSSR count). The first-order chi connectivity index (χ1) is 11.8. The predicted octanol–water partition coefficient (Wildman–Crippen LogP) is 6.89. The Hall–Kier alpha value is -1.60. The van der Waals surface area contributed by atoms with Gasteiger partial charge in [0.2, 0.25) is 0 Å². The molecule has 0 saturated heterocycles. The molecule has 3 aromatic rings. The van der Waals surface area contributed by atoms with Crippen LogP contribution in [0.1, 0.15) is 11.1 Å². The molecule has 7 heteroatoms.